The van der Waals surface area contributed by atoms with Crippen molar-refractivity contribution in [3.63, 3.8) is 0 Å². The molecule has 4 rings (SSSR count). The van der Waals surface area contributed by atoms with Gasteiger partial charge in [0.05, 0.1) is 11.8 Å². The molecule has 0 bridgehead atoms. The van der Waals surface area contributed by atoms with E-state index in [1.807, 2.05) is 61.7 Å². The standard InChI is InChI=1S/C23H24FN5OS/c1-14-21(18-7-5-6-8-19(18)25-14)20(30)13-31-23-27-26-22(15(2)28(3)4)29(23)17-11-9-16(24)10-12-17/h5-12,15,25H,13H2,1-4H3. The number of para-hydroxylation sites is 1. The van der Waals surface area contributed by atoms with Gasteiger partial charge in [-0.3, -0.25) is 14.3 Å². The number of aromatic amines is 1. The van der Waals surface area contributed by atoms with Crippen molar-refractivity contribution in [1.29, 1.82) is 0 Å². The minimum Gasteiger partial charge on any atom is -0.358 e. The van der Waals surface area contributed by atoms with E-state index in [0.29, 0.717) is 10.7 Å². The van der Waals surface area contributed by atoms with Gasteiger partial charge in [0.15, 0.2) is 16.8 Å². The third kappa shape index (κ3) is 4.13. The van der Waals surface area contributed by atoms with Gasteiger partial charge >= 0.3 is 0 Å². The molecule has 0 aliphatic carbocycles. The monoisotopic (exact) mass is 437 g/mol. The Morgan fingerprint density at radius 1 is 1.16 bits per heavy atom. The maximum Gasteiger partial charge on any atom is 0.196 e. The summed E-state index contributed by atoms with van der Waals surface area (Å²) in [5.41, 5.74) is 3.27. The summed E-state index contributed by atoms with van der Waals surface area (Å²) in [7, 11) is 3.93. The highest BCUT2D eigenvalue weighted by atomic mass is 32.2. The lowest BCUT2D eigenvalue weighted by Crippen LogP contribution is -2.20. The number of hydrogen-bond donors (Lipinski definition) is 1. The number of hydrogen-bond acceptors (Lipinski definition) is 5. The Kier molecular flexibility index (Phi) is 5.93. The van der Waals surface area contributed by atoms with Gasteiger partial charge in [-0.05, 0) is 58.3 Å². The number of ketones is 1. The second-order valence-corrected chi connectivity index (χ2v) is 8.62. The topological polar surface area (TPSA) is 66.8 Å². The third-order valence-corrected chi connectivity index (χ3v) is 6.33. The van der Waals surface area contributed by atoms with E-state index in [0.717, 1.165) is 28.1 Å². The minimum atomic E-state index is -0.307. The number of Topliss-reactive ketones (excluding diaryl/α,β-unsaturated/α-hetero) is 1. The molecule has 0 spiro atoms. The SMILES string of the molecule is Cc1[nH]c2ccccc2c1C(=O)CSc1nnc(C(C)N(C)C)n1-c1ccc(F)cc1. The third-order valence-electron chi connectivity index (χ3n) is 5.40. The van der Waals surface area contributed by atoms with Crippen molar-refractivity contribution >= 4 is 28.4 Å². The number of aryl methyl sites for hydroxylation is 1. The van der Waals surface area contributed by atoms with Crippen molar-refractivity contribution < 1.29 is 9.18 Å². The second kappa shape index (κ2) is 8.64. The molecule has 2 aromatic heterocycles. The average Bonchev–Trinajstić information content (AvgIpc) is 3.32. The zero-order chi connectivity index (χ0) is 22.1. The van der Waals surface area contributed by atoms with Gasteiger partial charge in [-0.2, -0.15) is 0 Å². The van der Waals surface area contributed by atoms with Crippen molar-refractivity contribution in [1.82, 2.24) is 24.6 Å². The van der Waals surface area contributed by atoms with Gasteiger partial charge in [0.1, 0.15) is 5.82 Å². The van der Waals surface area contributed by atoms with Crippen LogP contribution in [0.2, 0.25) is 0 Å². The maximum atomic E-state index is 13.5. The van der Waals surface area contributed by atoms with Gasteiger partial charge in [0, 0.05) is 27.8 Å². The number of carbonyl (C=O) groups is 1. The van der Waals surface area contributed by atoms with Crippen LogP contribution < -0.4 is 0 Å². The summed E-state index contributed by atoms with van der Waals surface area (Å²) >= 11 is 1.33. The number of benzene rings is 2. The van der Waals surface area contributed by atoms with E-state index in [1.54, 1.807) is 12.1 Å². The molecule has 160 valence electrons. The molecule has 0 amide bonds. The predicted octanol–water partition coefficient (Wildman–Crippen LogP) is 4.79. The summed E-state index contributed by atoms with van der Waals surface area (Å²) in [4.78, 5) is 18.4. The molecular formula is C23H24FN5OS. The first-order valence-electron chi connectivity index (χ1n) is 9.97. The predicted molar refractivity (Wildman–Crippen MR) is 122 cm³/mol. The first kappa shape index (κ1) is 21.3. The van der Waals surface area contributed by atoms with Gasteiger partial charge in [-0.25, -0.2) is 4.39 Å². The van der Waals surface area contributed by atoms with Crippen LogP contribution in [0.4, 0.5) is 4.39 Å². The molecule has 0 aliphatic heterocycles. The normalized spacial score (nSPS) is 12.6. The summed E-state index contributed by atoms with van der Waals surface area (Å²) in [5, 5.41) is 10.3. The molecule has 1 N–H and O–H groups in total. The van der Waals surface area contributed by atoms with Gasteiger partial charge in [0.25, 0.3) is 0 Å². The van der Waals surface area contributed by atoms with E-state index in [9.17, 15) is 9.18 Å². The Hall–Kier alpha value is -2.97. The largest absolute Gasteiger partial charge is 0.358 e. The van der Waals surface area contributed by atoms with Crippen LogP contribution in [-0.2, 0) is 0 Å². The van der Waals surface area contributed by atoms with Crippen molar-refractivity contribution in [2.45, 2.75) is 25.0 Å². The molecule has 0 saturated heterocycles. The van der Waals surface area contributed by atoms with Crippen LogP contribution in [-0.4, -0.2) is 50.3 Å². The summed E-state index contributed by atoms with van der Waals surface area (Å²) in [6, 6.07) is 14.0. The van der Waals surface area contributed by atoms with Crippen LogP contribution in [0, 0.1) is 12.7 Å². The van der Waals surface area contributed by atoms with Crippen molar-refractivity contribution in [2.24, 2.45) is 0 Å². The Morgan fingerprint density at radius 2 is 1.87 bits per heavy atom. The summed E-state index contributed by atoms with van der Waals surface area (Å²) < 4.78 is 15.4. The van der Waals surface area contributed by atoms with Crippen LogP contribution in [0.1, 0.15) is 34.8 Å². The highest BCUT2D eigenvalue weighted by Gasteiger charge is 2.23. The number of aromatic nitrogens is 4. The Morgan fingerprint density at radius 3 is 2.58 bits per heavy atom. The number of carbonyl (C=O) groups excluding carboxylic acids is 1. The number of fused-ring (bicyclic) bond motifs is 1. The number of thioether (sulfide) groups is 1. The van der Waals surface area contributed by atoms with Crippen LogP contribution in [0.15, 0.2) is 53.7 Å². The number of nitrogens with one attached hydrogen (secondary N) is 1. The molecule has 31 heavy (non-hydrogen) atoms. The summed E-state index contributed by atoms with van der Waals surface area (Å²) in [6.45, 7) is 3.94. The van der Waals surface area contributed by atoms with Crippen molar-refractivity contribution in [3.8, 4) is 5.69 Å². The minimum absolute atomic E-state index is 0.0153. The molecule has 2 heterocycles. The van der Waals surface area contributed by atoms with Gasteiger partial charge in [0.2, 0.25) is 0 Å². The highest BCUT2D eigenvalue weighted by Crippen LogP contribution is 2.29. The number of nitrogens with zero attached hydrogens (tertiary/aromatic N) is 4. The van der Waals surface area contributed by atoms with E-state index < -0.39 is 0 Å². The van der Waals surface area contributed by atoms with Gasteiger partial charge in [-0.1, -0.05) is 30.0 Å². The first-order valence-corrected chi connectivity index (χ1v) is 11.0. The molecule has 0 aliphatic rings. The summed E-state index contributed by atoms with van der Waals surface area (Å²) in [5.74, 6) is 0.669. The molecular weight excluding hydrogens is 413 g/mol. The van der Waals surface area contributed by atoms with Crippen LogP contribution in [0.25, 0.3) is 16.6 Å². The van der Waals surface area contributed by atoms with Crippen LogP contribution in [0.3, 0.4) is 0 Å². The fourth-order valence-corrected chi connectivity index (χ4v) is 4.38. The molecule has 8 heteroatoms. The Labute approximate surface area is 184 Å². The lowest BCUT2D eigenvalue weighted by Gasteiger charge is -2.20. The Balaban J connectivity index is 1.66. The average molecular weight is 438 g/mol. The molecule has 4 aromatic rings. The van der Waals surface area contributed by atoms with Gasteiger partial charge < -0.3 is 4.98 Å². The fourth-order valence-electron chi connectivity index (χ4n) is 3.55. The fraction of sp³-hybridized carbons (Fsp3) is 0.261. The first-order chi connectivity index (χ1) is 14.9. The zero-order valence-electron chi connectivity index (χ0n) is 17.9. The molecule has 1 atom stereocenters. The second-order valence-electron chi connectivity index (χ2n) is 7.67. The van der Waals surface area contributed by atoms with Crippen molar-refractivity contribution in [3.05, 3.63) is 71.4 Å². The molecule has 2 aromatic carbocycles. The van der Waals surface area contributed by atoms with Crippen molar-refractivity contribution in [2.75, 3.05) is 19.8 Å². The molecule has 0 fully saturated rings. The van der Waals surface area contributed by atoms with Crippen LogP contribution in [0.5, 0.6) is 0 Å². The zero-order valence-corrected chi connectivity index (χ0v) is 18.7. The maximum absolute atomic E-state index is 13.5. The number of rotatable bonds is 7. The molecule has 0 radical (unpaired) electrons. The van der Waals surface area contributed by atoms with Gasteiger partial charge in [-0.15, -0.1) is 10.2 Å². The molecule has 6 nitrogen and oxygen atoms in total. The van der Waals surface area contributed by atoms with Crippen LogP contribution >= 0.6 is 11.8 Å². The lowest BCUT2D eigenvalue weighted by molar-refractivity contribution is 0.102. The molecule has 0 saturated carbocycles. The quantitative estimate of drug-likeness (QED) is 0.332. The van der Waals surface area contributed by atoms with E-state index in [4.69, 9.17) is 0 Å². The van der Waals surface area contributed by atoms with E-state index in [-0.39, 0.29) is 23.4 Å². The van der Waals surface area contributed by atoms with E-state index >= 15 is 0 Å². The number of H-pyrrole nitrogens is 1. The number of halogens is 1. The molecule has 1 unspecified atom stereocenters. The van der Waals surface area contributed by atoms with E-state index in [1.165, 1.54) is 23.9 Å². The summed E-state index contributed by atoms with van der Waals surface area (Å²) in [6.07, 6.45) is 0. The van der Waals surface area contributed by atoms with E-state index in [2.05, 4.69) is 15.2 Å². The highest BCUT2D eigenvalue weighted by molar-refractivity contribution is 7.99. The smallest absolute Gasteiger partial charge is 0.196 e. The Bertz CT molecular complexity index is 1230. The lowest BCUT2D eigenvalue weighted by atomic mass is 10.1.